The molecule has 61 valence electrons. The third-order valence-corrected chi connectivity index (χ3v) is 1.74. The van der Waals surface area contributed by atoms with Crippen molar-refractivity contribution in [1.82, 2.24) is 4.90 Å². The molecule has 0 aliphatic carbocycles. The number of ether oxygens (including phenoxy) is 1. The first-order valence-corrected chi connectivity index (χ1v) is 3.73. The lowest BCUT2D eigenvalue weighted by molar-refractivity contribution is 0.210. The molecule has 0 aromatic carbocycles. The first kappa shape index (κ1) is 9.92. The van der Waals surface area contributed by atoms with Gasteiger partial charge >= 0.3 is 0 Å². The molecule has 0 saturated heterocycles. The van der Waals surface area contributed by atoms with Crippen LogP contribution in [-0.4, -0.2) is 32.1 Å². The van der Waals surface area contributed by atoms with Crippen molar-refractivity contribution in [2.45, 2.75) is 25.8 Å². The van der Waals surface area contributed by atoms with Gasteiger partial charge in [-0.1, -0.05) is 6.92 Å². The molecule has 0 saturated carbocycles. The molecule has 1 atom stereocenters. The molecule has 10 heavy (non-hydrogen) atoms. The molecular formula is C8H18NO. The second kappa shape index (κ2) is 5.69. The molecular weight excluding hydrogens is 126 g/mol. The average Bonchev–Trinajstić information content (AvgIpc) is 1.89. The Morgan fingerprint density at radius 2 is 2.10 bits per heavy atom. The average molecular weight is 144 g/mol. The van der Waals surface area contributed by atoms with E-state index in [2.05, 4.69) is 25.9 Å². The van der Waals surface area contributed by atoms with Gasteiger partial charge in [-0.05, 0) is 26.9 Å². The van der Waals surface area contributed by atoms with Gasteiger partial charge in [-0.3, -0.25) is 0 Å². The van der Waals surface area contributed by atoms with Gasteiger partial charge in [0.1, 0.15) is 0 Å². The fourth-order valence-corrected chi connectivity index (χ4v) is 0.950. The molecule has 1 unspecified atom stereocenters. The molecule has 0 N–H and O–H groups in total. The maximum Gasteiger partial charge on any atom is 0.0848 e. The van der Waals surface area contributed by atoms with E-state index in [1.807, 2.05) is 6.61 Å². The van der Waals surface area contributed by atoms with Gasteiger partial charge in [-0.2, -0.15) is 0 Å². The highest BCUT2D eigenvalue weighted by Crippen LogP contribution is 2.05. The predicted octanol–water partition coefficient (Wildman–Crippen LogP) is 1.52. The van der Waals surface area contributed by atoms with Crippen molar-refractivity contribution in [3.8, 4) is 0 Å². The molecule has 2 nitrogen and oxygen atoms in total. The lowest BCUT2D eigenvalue weighted by atomic mass is 10.1. The Labute approximate surface area is 64.2 Å². The molecule has 0 fully saturated rings. The van der Waals surface area contributed by atoms with Crippen molar-refractivity contribution in [2.75, 3.05) is 21.2 Å². The van der Waals surface area contributed by atoms with Crippen LogP contribution in [0.4, 0.5) is 0 Å². The van der Waals surface area contributed by atoms with Gasteiger partial charge in [0.15, 0.2) is 0 Å². The molecule has 0 bridgehead atoms. The molecule has 1 radical (unpaired) electrons. The highest BCUT2D eigenvalue weighted by molar-refractivity contribution is 4.68. The van der Waals surface area contributed by atoms with Crippen LogP contribution < -0.4 is 0 Å². The lowest BCUT2D eigenvalue weighted by Crippen LogP contribution is -2.27. The van der Waals surface area contributed by atoms with Crippen LogP contribution in [0.5, 0.6) is 0 Å². The summed E-state index contributed by atoms with van der Waals surface area (Å²) in [7, 11) is 5.89. The number of hydrogen-bond acceptors (Lipinski definition) is 2. The Morgan fingerprint density at radius 1 is 1.50 bits per heavy atom. The van der Waals surface area contributed by atoms with Crippen LogP contribution in [-0.2, 0) is 4.74 Å². The van der Waals surface area contributed by atoms with Crippen LogP contribution in [0.15, 0.2) is 0 Å². The van der Waals surface area contributed by atoms with Crippen LogP contribution in [0.1, 0.15) is 19.8 Å². The van der Waals surface area contributed by atoms with E-state index >= 15 is 0 Å². The van der Waals surface area contributed by atoms with Gasteiger partial charge in [-0.25, -0.2) is 0 Å². The molecule has 0 rings (SSSR count). The summed E-state index contributed by atoms with van der Waals surface area (Å²) in [5.74, 6) is 0. The SMILES string of the molecule is CCC(C[CH]OC)N(C)C. The third kappa shape index (κ3) is 3.85. The van der Waals surface area contributed by atoms with E-state index in [4.69, 9.17) is 4.74 Å². The highest BCUT2D eigenvalue weighted by atomic mass is 16.5. The summed E-state index contributed by atoms with van der Waals surface area (Å²) < 4.78 is 4.87. The Morgan fingerprint density at radius 3 is 2.40 bits per heavy atom. The molecule has 0 spiro atoms. The van der Waals surface area contributed by atoms with Crippen molar-refractivity contribution in [3.05, 3.63) is 6.61 Å². The highest BCUT2D eigenvalue weighted by Gasteiger charge is 2.07. The number of methoxy groups -OCH3 is 1. The van der Waals surface area contributed by atoms with Crippen molar-refractivity contribution >= 4 is 0 Å². The van der Waals surface area contributed by atoms with Gasteiger partial charge in [0, 0.05) is 13.2 Å². The number of nitrogens with zero attached hydrogens (tertiary/aromatic N) is 1. The lowest BCUT2D eigenvalue weighted by Gasteiger charge is -2.21. The summed E-state index contributed by atoms with van der Waals surface area (Å²) in [5.41, 5.74) is 0. The summed E-state index contributed by atoms with van der Waals surface area (Å²) in [6.07, 6.45) is 2.19. The van der Waals surface area contributed by atoms with Gasteiger partial charge < -0.3 is 9.64 Å². The molecule has 0 aromatic heterocycles. The third-order valence-electron chi connectivity index (χ3n) is 1.74. The van der Waals surface area contributed by atoms with Gasteiger partial charge in [-0.15, -0.1) is 0 Å². The van der Waals surface area contributed by atoms with Crippen molar-refractivity contribution in [3.63, 3.8) is 0 Å². The van der Waals surface area contributed by atoms with E-state index in [0.29, 0.717) is 6.04 Å². The first-order chi connectivity index (χ1) is 4.72. The Bertz CT molecular complexity index is 73.7. The maximum absolute atomic E-state index is 4.87. The van der Waals surface area contributed by atoms with Crippen LogP contribution in [0.3, 0.4) is 0 Å². The van der Waals surface area contributed by atoms with E-state index in [1.54, 1.807) is 7.11 Å². The van der Waals surface area contributed by atoms with Crippen LogP contribution in [0.2, 0.25) is 0 Å². The van der Waals surface area contributed by atoms with E-state index < -0.39 is 0 Å². The standard InChI is InChI=1S/C8H18NO/c1-5-8(9(2)3)6-7-10-4/h7-8H,5-6H2,1-4H3. The number of hydrogen-bond donors (Lipinski definition) is 0. The van der Waals surface area contributed by atoms with Crippen LogP contribution in [0, 0.1) is 6.61 Å². The summed E-state index contributed by atoms with van der Waals surface area (Å²) in [6.45, 7) is 4.04. The van der Waals surface area contributed by atoms with E-state index in [9.17, 15) is 0 Å². The minimum Gasteiger partial charge on any atom is -0.379 e. The normalized spacial score (nSPS) is 14.1. The Kier molecular flexibility index (Phi) is 5.64. The molecule has 2 heteroatoms. The summed E-state index contributed by atoms with van der Waals surface area (Å²) in [4.78, 5) is 2.22. The quantitative estimate of drug-likeness (QED) is 0.580. The van der Waals surface area contributed by atoms with Gasteiger partial charge in [0.2, 0.25) is 0 Å². The Balaban J connectivity index is 3.40. The van der Waals surface area contributed by atoms with Crippen molar-refractivity contribution < 1.29 is 4.74 Å². The van der Waals surface area contributed by atoms with Gasteiger partial charge in [0.05, 0.1) is 6.61 Å². The zero-order valence-corrected chi connectivity index (χ0v) is 7.42. The van der Waals surface area contributed by atoms with E-state index in [0.717, 1.165) is 6.42 Å². The zero-order valence-electron chi connectivity index (χ0n) is 7.42. The van der Waals surface area contributed by atoms with Crippen molar-refractivity contribution in [1.29, 1.82) is 0 Å². The molecule has 0 heterocycles. The second-order valence-corrected chi connectivity index (χ2v) is 2.66. The monoisotopic (exact) mass is 144 g/mol. The minimum atomic E-state index is 0.625. The Hall–Kier alpha value is -0.0800. The molecule has 0 aliphatic rings. The fourth-order valence-electron chi connectivity index (χ4n) is 0.950. The largest absolute Gasteiger partial charge is 0.379 e. The van der Waals surface area contributed by atoms with Crippen LogP contribution >= 0.6 is 0 Å². The molecule has 0 aliphatic heterocycles. The predicted molar refractivity (Wildman–Crippen MR) is 43.7 cm³/mol. The summed E-state index contributed by atoms with van der Waals surface area (Å²) in [5, 5.41) is 0. The summed E-state index contributed by atoms with van der Waals surface area (Å²) in [6, 6.07) is 0.625. The zero-order chi connectivity index (χ0) is 7.98. The van der Waals surface area contributed by atoms with Crippen LogP contribution in [0.25, 0.3) is 0 Å². The minimum absolute atomic E-state index is 0.625. The summed E-state index contributed by atoms with van der Waals surface area (Å²) >= 11 is 0. The fraction of sp³-hybridized carbons (Fsp3) is 0.875. The second-order valence-electron chi connectivity index (χ2n) is 2.66. The molecule has 0 amide bonds. The first-order valence-electron chi connectivity index (χ1n) is 3.73. The maximum atomic E-state index is 4.87. The number of rotatable bonds is 5. The molecule has 0 aromatic rings. The van der Waals surface area contributed by atoms with Crippen molar-refractivity contribution in [2.24, 2.45) is 0 Å². The van der Waals surface area contributed by atoms with E-state index in [1.165, 1.54) is 6.42 Å². The van der Waals surface area contributed by atoms with Gasteiger partial charge in [0.25, 0.3) is 0 Å². The topological polar surface area (TPSA) is 12.5 Å². The smallest absolute Gasteiger partial charge is 0.0848 e. The van der Waals surface area contributed by atoms with E-state index in [-0.39, 0.29) is 0 Å².